The molecule has 0 aliphatic heterocycles. The van der Waals surface area contributed by atoms with E-state index >= 15 is 0 Å². The molecule has 0 bridgehead atoms. The summed E-state index contributed by atoms with van der Waals surface area (Å²) < 4.78 is 2.00. The van der Waals surface area contributed by atoms with Gasteiger partial charge in [-0.15, -0.1) is 5.10 Å². The van der Waals surface area contributed by atoms with Gasteiger partial charge in [0, 0.05) is 15.9 Å². The Morgan fingerprint density at radius 1 is 1.58 bits per heavy atom. The monoisotopic (exact) mass is 343 g/mol. The fourth-order valence-electron chi connectivity index (χ4n) is 1.50. The summed E-state index contributed by atoms with van der Waals surface area (Å²) in [5.41, 5.74) is -0.0644. The number of nitrogens with zero attached hydrogens (tertiary/aromatic N) is 2. The second-order valence-corrected chi connectivity index (χ2v) is 5.50. The number of H-pyrrole nitrogens is 1. The highest BCUT2D eigenvalue weighted by molar-refractivity contribution is 9.10. The first-order valence-corrected chi connectivity index (χ1v) is 6.99. The van der Waals surface area contributed by atoms with E-state index in [0.717, 1.165) is 4.90 Å². The molecule has 100 valence electrons. The molecule has 0 aliphatic rings. The SMILES string of the molecule is CCn1c(Sc2ccc(C(=O)O)c(Br)c2)n[nH]c1=O. The van der Waals surface area contributed by atoms with Gasteiger partial charge in [-0.2, -0.15) is 0 Å². The summed E-state index contributed by atoms with van der Waals surface area (Å²) in [6.45, 7) is 2.37. The third-order valence-electron chi connectivity index (χ3n) is 2.42. The molecule has 0 fully saturated rings. The lowest BCUT2D eigenvalue weighted by atomic mass is 10.2. The second-order valence-electron chi connectivity index (χ2n) is 3.60. The zero-order valence-corrected chi connectivity index (χ0v) is 12.3. The number of carbonyl (C=O) groups is 1. The van der Waals surface area contributed by atoms with Crippen molar-refractivity contribution in [1.82, 2.24) is 14.8 Å². The van der Waals surface area contributed by atoms with E-state index in [-0.39, 0.29) is 11.3 Å². The molecule has 6 nitrogen and oxygen atoms in total. The molecule has 19 heavy (non-hydrogen) atoms. The Labute approximate surface area is 121 Å². The lowest BCUT2D eigenvalue weighted by Gasteiger charge is -2.04. The predicted molar refractivity (Wildman–Crippen MR) is 73.7 cm³/mol. The average molecular weight is 344 g/mol. The summed E-state index contributed by atoms with van der Waals surface area (Å²) in [5, 5.41) is 15.8. The number of hydrogen-bond acceptors (Lipinski definition) is 4. The number of carboxylic acid groups (broad SMARTS) is 1. The van der Waals surface area contributed by atoms with Crippen molar-refractivity contribution >= 4 is 33.7 Å². The molecule has 8 heteroatoms. The normalized spacial score (nSPS) is 10.6. The molecular weight excluding hydrogens is 334 g/mol. The average Bonchev–Trinajstić information content (AvgIpc) is 2.69. The molecule has 0 atom stereocenters. The number of nitrogens with one attached hydrogen (secondary N) is 1. The van der Waals surface area contributed by atoms with Crippen LogP contribution in [0.2, 0.25) is 0 Å². The van der Waals surface area contributed by atoms with E-state index in [9.17, 15) is 9.59 Å². The van der Waals surface area contributed by atoms with Crippen LogP contribution in [0, 0.1) is 0 Å². The zero-order chi connectivity index (χ0) is 14.0. The lowest BCUT2D eigenvalue weighted by Crippen LogP contribution is -2.15. The zero-order valence-electron chi connectivity index (χ0n) is 9.88. The number of aromatic carboxylic acids is 1. The maximum absolute atomic E-state index is 11.4. The molecule has 1 aromatic carbocycles. The van der Waals surface area contributed by atoms with Gasteiger partial charge in [-0.25, -0.2) is 14.7 Å². The first-order valence-electron chi connectivity index (χ1n) is 5.38. The van der Waals surface area contributed by atoms with Crippen LogP contribution in [0.3, 0.4) is 0 Å². The molecule has 0 amide bonds. The number of halogens is 1. The maximum atomic E-state index is 11.4. The minimum atomic E-state index is -0.992. The van der Waals surface area contributed by atoms with Crippen molar-refractivity contribution in [3.8, 4) is 0 Å². The van der Waals surface area contributed by atoms with Gasteiger partial charge in [0.15, 0.2) is 5.16 Å². The van der Waals surface area contributed by atoms with Crippen LogP contribution in [0.15, 0.2) is 37.5 Å². The van der Waals surface area contributed by atoms with E-state index in [2.05, 4.69) is 26.1 Å². The van der Waals surface area contributed by atoms with E-state index in [0.29, 0.717) is 16.2 Å². The second kappa shape index (κ2) is 5.62. The minimum Gasteiger partial charge on any atom is -0.478 e. The van der Waals surface area contributed by atoms with Gasteiger partial charge in [0.05, 0.1) is 5.56 Å². The highest BCUT2D eigenvalue weighted by Gasteiger charge is 2.12. The summed E-state index contributed by atoms with van der Waals surface area (Å²) in [5.74, 6) is -0.992. The third-order valence-corrected chi connectivity index (χ3v) is 4.06. The Balaban J connectivity index is 2.31. The van der Waals surface area contributed by atoms with Crippen molar-refractivity contribution in [2.75, 3.05) is 0 Å². The van der Waals surface area contributed by atoms with Gasteiger partial charge in [0.2, 0.25) is 0 Å². The van der Waals surface area contributed by atoms with Crippen molar-refractivity contribution in [2.24, 2.45) is 0 Å². The van der Waals surface area contributed by atoms with Gasteiger partial charge in [0.1, 0.15) is 0 Å². The summed E-state index contributed by atoms with van der Waals surface area (Å²) in [7, 11) is 0. The third kappa shape index (κ3) is 2.90. The molecule has 0 spiro atoms. The summed E-state index contributed by atoms with van der Waals surface area (Å²) in [6.07, 6.45) is 0. The van der Waals surface area contributed by atoms with Gasteiger partial charge in [-0.3, -0.25) is 4.57 Å². The highest BCUT2D eigenvalue weighted by atomic mass is 79.9. The highest BCUT2D eigenvalue weighted by Crippen LogP contribution is 2.29. The topological polar surface area (TPSA) is 88.0 Å². The van der Waals surface area contributed by atoms with Crippen LogP contribution in [0.4, 0.5) is 0 Å². The lowest BCUT2D eigenvalue weighted by molar-refractivity contribution is 0.0696. The van der Waals surface area contributed by atoms with Crippen LogP contribution in [-0.4, -0.2) is 25.8 Å². The molecule has 1 aromatic heterocycles. The number of rotatable bonds is 4. The molecule has 0 aliphatic carbocycles. The first kappa shape index (κ1) is 13.9. The Morgan fingerprint density at radius 3 is 2.89 bits per heavy atom. The van der Waals surface area contributed by atoms with Gasteiger partial charge in [-0.1, -0.05) is 0 Å². The van der Waals surface area contributed by atoms with Crippen molar-refractivity contribution in [2.45, 2.75) is 23.5 Å². The molecular formula is C11H10BrN3O3S. The predicted octanol–water partition coefficient (Wildman–Crippen LogP) is 2.20. The molecule has 0 saturated heterocycles. The Morgan fingerprint density at radius 2 is 2.32 bits per heavy atom. The van der Waals surface area contributed by atoms with Crippen molar-refractivity contribution in [3.63, 3.8) is 0 Å². The maximum Gasteiger partial charge on any atom is 0.343 e. The quantitative estimate of drug-likeness (QED) is 0.888. The molecule has 0 unspecified atom stereocenters. The van der Waals surface area contributed by atoms with Crippen LogP contribution in [0.1, 0.15) is 17.3 Å². The Kier molecular flexibility index (Phi) is 4.11. The largest absolute Gasteiger partial charge is 0.478 e. The van der Waals surface area contributed by atoms with Crippen molar-refractivity contribution < 1.29 is 9.90 Å². The fourth-order valence-corrected chi connectivity index (χ4v) is 3.14. The van der Waals surface area contributed by atoms with Crippen LogP contribution in [0.25, 0.3) is 0 Å². The van der Waals surface area contributed by atoms with E-state index < -0.39 is 5.97 Å². The van der Waals surface area contributed by atoms with Crippen LogP contribution in [-0.2, 0) is 6.54 Å². The number of aromatic amines is 1. The standard InChI is InChI=1S/C11H10BrN3O3S/c1-2-15-10(18)13-14-11(15)19-6-3-4-7(9(16)17)8(12)5-6/h3-5H,2H2,1H3,(H,13,18)(H,16,17). The number of aromatic nitrogens is 3. The molecule has 2 aromatic rings. The molecule has 2 rings (SSSR count). The number of hydrogen-bond donors (Lipinski definition) is 2. The molecule has 0 saturated carbocycles. The van der Waals surface area contributed by atoms with Gasteiger partial charge in [-0.05, 0) is 52.8 Å². The Hall–Kier alpha value is -1.54. The van der Waals surface area contributed by atoms with E-state index in [4.69, 9.17) is 5.11 Å². The van der Waals surface area contributed by atoms with Gasteiger partial charge < -0.3 is 5.11 Å². The Bertz CT molecular complexity index is 680. The fraction of sp³-hybridized carbons (Fsp3) is 0.182. The minimum absolute atomic E-state index is 0.194. The molecule has 0 radical (unpaired) electrons. The van der Waals surface area contributed by atoms with E-state index in [1.54, 1.807) is 12.1 Å². The van der Waals surface area contributed by atoms with Gasteiger partial charge >= 0.3 is 11.7 Å². The summed E-state index contributed by atoms with van der Waals surface area (Å²) >= 11 is 4.50. The van der Waals surface area contributed by atoms with Crippen LogP contribution < -0.4 is 5.69 Å². The van der Waals surface area contributed by atoms with Crippen LogP contribution >= 0.6 is 27.7 Å². The summed E-state index contributed by atoms with van der Waals surface area (Å²) in [6, 6.07) is 4.88. The molecule has 1 heterocycles. The smallest absolute Gasteiger partial charge is 0.343 e. The first-order chi connectivity index (χ1) is 9.02. The van der Waals surface area contributed by atoms with Crippen molar-refractivity contribution in [3.05, 3.63) is 38.7 Å². The van der Waals surface area contributed by atoms with E-state index in [1.807, 2.05) is 6.92 Å². The summed E-state index contributed by atoms with van der Waals surface area (Å²) in [4.78, 5) is 23.1. The number of benzene rings is 1. The molecule has 2 N–H and O–H groups in total. The number of carboxylic acids is 1. The van der Waals surface area contributed by atoms with Gasteiger partial charge in [0.25, 0.3) is 0 Å². The van der Waals surface area contributed by atoms with Crippen molar-refractivity contribution in [1.29, 1.82) is 0 Å². The van der Waals surface area contributed by atoms with Crippen LogP contribution in [0.5, 0.6) is 0 Å². The van der Waals surface area contributed by atoms with E-state index in [1.165, 1.54) is 22.4 Å².